The van der Waals surface area contributed by atoms with Crippen LogP contribution in [0.4, 0.5) is 0 Å². The molecule has 0 unspecified atom stereocenters. The topological polar surface area (TPSA) is 4.93 Å². The van der Waals surface area contributed by atoms with Crippen molar-refractivity contribution >= 4 is 12.6 Å². The highest BCUT2D eigenvalue weighted by molar-refractivity contribution is 7.80. The first-order valence-corrected chi connectivity index (χ1v) is 5.78. The molecule has 0 spiro atoms. The van der Waals surface area contributed by atoms with Gasteiger partial charge in [-0.2, -0.15) is 12.6 Å². The Hall–Kier alpha value is -0.370. The summed E-state index contributed by atoms with van der Waals surface area (Å²) < 4.78 is 2.25. The molecule has 74 valence electrons. The molecule has 1 heterocycles. The molecule has 1 aromatic heterocycles. The van der Waals surface area contributed by atoms with Crippen molar-refractivity contribution in [3.8, 4) is 0 Å². The molecule has 0 aliphatic rings. The molecule has 0 atom stereocenters. The molecule has 0 bridgehead atoms. The molecular formula is C11H19NS. The molecule has 0 N–H and O–H groups in total. The predicted octanol–water partition coefficient (Wildman–Crippen LogP) is 3.37. The van der Waals surface area contributed by atoms with Crippen LogP contribution in [0.5, 0.6) is 0 Å². The Labute approximate surface area is 86.6 Å². The number of hydrogen-bond donors (Lipinski definition) is 1. The molecular weight excluding hydrogens is 178 g/mol. The van der Waals surface area contributed by atoms with Crippen LogP contribution in [-0.4, -0.2) is 10.3 Å². The van der Waals surface area contributed by atoms with Gasteiger partial charge in [0.25, 0.3) is 0 Å². The molecule has 0 aliphatic heterocycles. The molecule has 0 aromatic carbocycles. The second kappa shape index (κ2) is 7.07. The van der Waals surface area contributed by atoms with E-state index < -0.39 is 0 Å². The van der Waals surface area contributed by atoms with Crippen LogP contribution in [0.3, 0.4) is 0 Å². The molecule has 1 nitrogen and oxygen atoms in total. The Bertz CT molecular complexity index is 194. The van der Waals surface area contributed by atoms with E-state index in [9.17, 15) is 0 Å². The lowest BCUT2D eigenvalue weighted by Gasteiger charge is -2.02. The van der Waals surface area contributed by atoms with Gasteiger partial charge in [-0.1, -0.05) is 19.3 Å². The van der Waals surface area contributed by atoms with Crippen LogP contribution in [0.1, 0.15) is 32.1 Å². The van der Waals surface area contributed by atoms with E-state index in [0.717, 1.165) is 5.75 Å². The Morgan fingerprint density at radius 2 is 1.46 bits per heavy atom. The van der Waals surface area contributed by atoms with Crippen molar-refractivity contribution in [2.75, 3.05) is 5.75 Å². The van der Waals surface area contributed by atoms with E-state index in [4.69, 9.17) is 0 Å². The average molecular weight is 197 g/mol. The van der Waals surface area contributed by atoms with E-state index in [-0.39, 0.29) is 0 Å². The number of unbranched alkanes of at least 4 members (excludes halogenated alkanes) is 4. The lowest BCUT2D eigenvalue weighted by Crippen LogP contribution is -1.93. The zero-order valence-electron chi connectivity index (χ0n) is 8.15. The maximum absolute atomic E-state index is 4.19. The number of thiol groups is 1. The molecule has 0 aliphatic carbocycles. The average Bonchev–Trinajstić information content (AvgIpc) is 2.63. The molecule has 0 saturated carbocycles. The molecule has 2 heteroatoms. The van der Waals surface area contributed by atoms with Crippen molar-refractivity contribution in [2.45, 2.75) is 38.6 Å². The van der Waals surface area contributed by atoms with E-state index in [1.807, 2.05) is 0 Å². The minimum atomic E-state index is 1.04. The van der Waals surface area contributed by atoms with E-state index in [0.29, 0.717) is 0 Å². The minimum Gasteiger partial charge on any atom is -0.354 e. The van der Waals surface area contributed by atoms with Gasteiger partial charge in [-0.3, -0.25) is 0 Å². The zero-order valence-corrected chi connectivity index (χ0v) is 9.05. The van der Waals surface area contributed by atoms with Gasteiger partial charge in [-0.15, -0.1) is 0 Å². The van der Waals surface area contributed by atoms with Crippen LogP contribution in [0.25, 0.3) is 0 Å². The first-order chi connectivity index (χ1) is 6.43. The maximum atomic E-state index is 4.19. The summed E-state index contributed by atoms with van der Waals surface area (Å²) in [6, 6.07) is 4.17. The molecule has 0 saturated heterocycles. The summed E-state index contributed by atoms with van der Waals surface area (Å²) in [6.07, 6.45) is 10.9. The maximum Gasteiger partial charge on any atom is 0.0219 e. The van der Waals surface area contributed by atoms with Gasteiger partial charge in [0.2, 0.25) is 0 Å². The highest BCUT2D eigenvalue weighted by Gasteiger charge is 1.90. The summed E-state index contributed by atoms with van der Waals surface area (Å²) in [4.78, 5) is 0. The second-order valence-electron chi connectivity index (χ2n) is 3.41. The van der Waals surface area contributed by atoms with Gasteiger partial charge in [0.1, 0.15) is 0 Å². The summed E-state index contributed by atoms with van der Waals surface area (Å²) in [5.74, 6) is 1.04. The van der Waals surface area contributed by atoms with Crippen molar-refractivity contribution in [1.29, 1.82) is 0 Å². The summed E-state index contributed by atoms with van der Waals surface area (Å²) in [5.41, 5.74) is 0. The van der Waals surface area contributed by atoms with Crippen LogP contribution < -0.4 is 0 Å². The Morgan fingerprint density at radius 1 is 0.846 bits per heavy atom. The van der Waals surface area contributed by atoms with Gasteiger partial charge in [0, 0.05) is 18.9 Å². The molecule has 0 fully saturated rings. The van der Waals surface area contributed by atoms with Crippen molar-refractivity contribution in [3.63, 3.8) is 0 Å². The van der Waals surface area contributed by atoms with Crippen LogP contribution in [0, 0.1) is 0 Å². The van der Waals surface area contributed by atoms with E-state index in [1.165, 1.54) is 38.6 Å². The molecule has 0 radical (unpaired) electrons. The molecule has 0 amide bonds. The summed E-state index contributed by atoms with van der Waals surface area (Å²) in [6.45, 7) is 1.17. The fraction of sp³-hybridized carbons (Fsp3) is 0.636. The van der Waals surface area contributed by atoms with Gasteiger partial charge in [0.15, 0.2) is 0 Å². The number of rotatable bonds is 7. The van der Waals surface area contributed by atoms with Gasteiger partial charge in [-0.05, 0) is 30.7 Å². The highest BCUT2D eigenvalue weighted by atomic mass is 32.1. The van der Waals surface area contributed by atoms with Crippen molar-refractivity contribution in [2.24, 2.45) is 0 Å². The van der Waals surface area contributed by atoms with E-state index >= 15 is 0 Å². The standard InChI is InChI=1S/C11H19NS/c13-11-7-3-1-2-4-8-12-9-5-6-10-12/h5-6,9-10,13H,1-4,7-8,11H2. The first-order valence-electron chi connectivity index (χ1n) is 5.15. The number of aromatic nitrogens is 1. The van der Waals surface area contributed by atoms with Crippen LogP contribution in [-0.2, 0) is 6.54 Å². The van der Waals surface area contributed by atoms with Gasteiger partial charge in [0.05, 0.1) is 0 Å². The highest BCUT2D eigenvalue weighted by Crippen LogP contribution is 2.05. The lowest BCUT2D eigenvalue weighted by atomic mass is 10.1. The monoisotopic (exact) mass is 197 g/mol. The van der Waals surface area contributed by atoms with Crippen LogP contribution in [0.15, 0.2) is 24.5 Å². The summed E-state index contributed by atoms with van der Waals surface area (Å²) in [7, 11) is 0. The van der Waals surface area contributed by atoms with Gasteiger partial charge >= 0.3 is 0 Å². The van der Waals surface area contributed by atoms with E-state index in [2.05, 4.69) is 41.7 Å². The first kappa shape index (κ1) is 10.7. The third-order valence-corrected chi connectivity index (χ3v) is 2.56. The zero-order chi connectivity index (χ0) is 9.36. The van der Waals surface area contributed by atoms with Crippen molar-refractivity contribution < 1.29 is 0 Å². The van der Waals surface area contributed by atoms with Gasteiger partial charge < -0.3 is 4.57 Å². The third kappa shape index (κ3) is 5.04. The predicted molar refractivity (Wildman–Crippen MR) is 61.4 cm³/mol. The minimum absolute atomic E-state index is 1.04. The molecule has 1 aromatic rings. The Kier molecular flexibility index (Phi) is 5.83. The third-order valence-electron chi connectivity index (χ3n) is 2.24. The summed E-state index contributed by atoms with van der Waals surface area (Å²) in [5, 5.41) is 0. The quantitative estimate of drug-likeness (QED) is 0.505. The number of aryl methyl sites for hydroxylation is 1. The number of nitrogens with zero attached hydrogens (tertiary/aromatic N) is 1. The number of hydrogen-bond acceptors (Lipinski definition) is 1. The van der Waals surface area contributed by atoms with Crippen molar-refractivity contribution in [1.82, 2.24) is 4.57 Å². The normalized spacial score (nSPS) is 10.5. The molecule has 1 rings (SSSR count). The van der Waals surface area contributed by atoms with Crippen LogP contribution >= 0.6 is 12.6 Å². The molecule has 13 heavy (non-hydrogen) atoms. The Morgan fingerprint density at radius 3 is 2.15 bits per heavy atom. The van der Waals surface area contributed by atoms with Crippen molar-refractivity contribution in [3.05, 3.63) is 24.5 Å². The SMILES string of the molecule is SCCCCCCCn1cccc1. The van der Waals surface area contributed by atoms with Gasteiger partial charge in [-0.25, -0.2) is 0 Å². The smallest absolute Gasteiger partial charge is 0.0219 e. The largest absolute Gasteiger partial charge is 0.354 e. The van der Waals surface area contributed by atoms with E-state index in [1.54, 1.807) is 0 Å². The second-order valence-corrected chi connectivity index (χ2v) is 3.86. The fourth-order valence-corrected chi connectivity index (χ4v) is 1.68. The Balaban J connectivity index is 1.90. The summed E-state index contributed by atoms with van der Waals surface area (Å²) >= 11 is 4.19. The van der Waals surface area contributed by atoms with Crippen LogP contribution in [0.2, 0.25) is 0 Å². The lowest BCUT2D eigenvalue weighted by molar-refractivity contribution is 0.571. The fourth-order valence-electron chi connectivity index (χ4n) is 1.46.